The van der Waals surface area contributed by atoms with E-state index in [9.17, 15) is 14.4 Å². The summed E-state index contributed by atoms with van der Waals surface area (Å²) < 4.78 is 10.3. The van der Waals surface area contributed by atoms with E-state index in [0.717, 1.165) is 0 Å². The second-order valence-electron chi connectivity index (χ2n) is 5.11. The molecule has 0 atom stereocenters. The SMILES string of the molecule is O=C(CNC(=O)c1cc(Cl)ccn1)NNC(=O)c1ccc2c(c1)OCO2. The van der Waals surface area contributed by atoms with Crippen molar-refractivity contribution in [3.63, 3.8) is 0 Å². The number of hydrazine groups is 1. The van der Waals surface area contributed by atoms with Gasteiger partial charge in [-0.2, -0.15) is 0 Å². The number of amides is 3. The van der Waals surface area contributed by atoms with Gasteiger partial charge in [0.05, 0.1) is 6.54 Å². The largest absolute Gasteiger partial charge is 0.454 e. The summed E-state index contributed by atoms with van der Waals surface area (Å²) in [5, 5.41) is 2.72. The summed E-state index contributed by atoms with van der Waals surface area (Å²) in [6.07, 6.45) is 1.38. The summed E-state index contributed by atoms with van der Waals surface area (Å²) in [7, 11) is 0. The number of pyridine rings is 1. The summed E-state index contributed by atoms with van der Waals surface area (Å²) in [4.78, 5) is 39.4. The first-order valence-corrected chi connectivity index (χ1v) is 7.79. The number of ether oxygens (including phenoxy) is 2. The lowest BCUT2D eigenvalue weighted by molar-refractivity contribution is -0.120. The van der Waals surface area contributed by atoms with Gasteiger partial charge in [0.1, 0.15) is 5.69 Å². The topological polar surface area (TPSA) is 119 Å². The van der Waals surface area contributed by atoms with Crippen LogP contribution in [0.15, 0.2) is 36.5 Å². The monoisotopic (exact) mass is 376 g/mol. The van der Waals surface area contributed by atoms with E-state index in [0.29, 0.717) is 16.5 Å². The molecule has 0 spiro atoms. The van der Waals surface area contributed by atoms with Gasteiger partial charge in [-0.05, 0) is 30.3 Å². The second-order valence-corrected chi connectivity index (χ2v) is 5.55. The van der Waals surface area contributed by atoms with Crippen molar-refractivity contribution in [3.05, 3.63) is 52.8 Å². The van der Waals surface area contributed by atoms with Gasteiger partial charge < -0.3 is 14.8 Å². The molecule has 1 aliphatic rings. The maximum absolute atomic E-state index is 12.0. The molecule has 2 aromatic rings. The average Bonchev–Trinajstić information content (AvgIpc) is 3.11. The van der Waals surface area contributed by atoms with E-state index in [4.69, 9.17) is 21.1 Å². The van der Waals surface area contributed by atoms with Gasteiger partial charge in [0.2, 0.25) is 6.79 Å². The van der Waals surface area contributed by atoms with Gasteiger partial charge in [-0.25, -0.2) is 0 Å². The number of halogens is 1. The maximum Gasteiger partial charge on any atom is 0.270 e. The Labute approximate surface area is 152 Å². The molecular weight excluding hydrogens is 364 g/mol. The van der Waals surface area contributed by atoms with Crippen LogP contribution >= 0.6 is 11.6 Å². The second kappa shape index (κ2) is 7.70. The highest BCUT2D eigenvalue weighted by Crippen LogP contribution is 2.32. The van der Waals surface area contributed by atoms with E-state index < -0.39 is 17.7 Å². The number of fused-ring (bicyclic) bond motifs is 1. The van der Waals surface area contributed by atoms with Crippen molar-refractivity contribution >= 4 is 29.3 Å². The quantitative estimate of drug-likeness (QED) is 0.674. The number of aromatic nitrogens is 1. The fraction of sp³-hybridized carbons (Fsp3) is 0.125. The van der Waals surface area contributed by atoms with E-state index in [2.05, 4.69) is 21.2 Å². The molecule has 2 heterocycles. The first kappa shape index (κ1) is 17.5. The number of hydrogen-bond donors (Lipinski definition) is 3. The Morgan fingerprint density at radius 1 is 1.04 bits per heavy atom. The standard InChI is InChI=1S/C16H13ClN4O5/c17-10-3-4-18-11(6-10)16(24)19-7-14(22)20-21-15(23)9-1-2-12-13(5-9)26-8-25-12/h1-6H,7-8H2,(H,19,24)(H,20,22)(H,21,23). The van der Waals surface area contributed by atoms with Crippen LogP contribution in [0.4, 0.5) is 0 Å². The zero-order chi connectivity index (χ0) is 18.5. The van der Waals surface area contributed by atoms with Crippen molar-refractivity contribution in [2.45, 2.75) is 0 Å². The van der Waals surface area contributed by atoms with E-state index in [1.165, 1.54) is 30.5 Å². The van der Waals surface area contributed by atoms with Crippen molar-refractivity contribution in [1.82, 2.24) is 21.2 Å². The number of carbonyl (C=O) groups is 3. The molecule has 3 rings (SSSR count). The zero-order valence-corrected chi connectivity index (χ0v) is 14.0. The molecule has 0 saturated carbocycles. The van der Waals surface area contributed by atoms with Crippen LogP contribution in [0, 0.1) is 0 Å². The van der Waals surface area contributed by atoms with Crippen molar-refractivity contribution in [2.24, 2.45) is 0 Å². The molecule has 3 N–H and O–H groups in total. The third kappa shape index (κ3) is 4.19. The zero-order valence-electron chi connectivity index (χ0n) is 13.2. The van der Waals surface area contributed by atoms with E-state index in [-0.39, 0.29) is 24.6 Å². The smallest absolute Gasteiger partial charge is 0.270 e. The van der Waals surface area contributed by atoms with Crippen molar-refractivity contribution in [2.75, 3.05) is 13.3 Å². The van der Waals surface area contributed by atoms with Crippen LogP contribution in [-0.2, 0) is 4.79 Å². The molecule has 0 aliphatic carbocycles. The molecule has 1 aromatic carbocycles. The van der Waals surface area contributed by atoms with Gasteiger partial charge in [0, 0.05) is 16.8 Å². The molecule has 1 aliphatic heterocycles. The van der Waals surface area contributed by atoms with Crippen LogP contribution in [0.3, 0.4) is 0 Å². The van der Waals surface area contributed by atoms with E-state index in [1.54, 1.807) is 6.07 Å². The fourth-order valence-corrected chi connectivity index (χ4v) is 2.22. The molecule has 0 fully saturated rings. The number of hydrogen-bond acceptors (Lipinski definition) is 6. The summed E-state index contributed by atoms with van der Waals surface area (Å²) >= 11 is 5.77. The van der Waals surface area contributed by atoms with Crippen LogP contribution in [0.5, 0.6) is 11.5 Å². The third-order valence-electron chi connectivity index (χ3n) is 3.31. The Bertz CT molecular complexity index is 873. The summed E-state index contributed by atoms with van der Waals surface area (Å²) in [5.41, 5.74) is 4.79. The number of rotatable bonds is 4. The summed E-state index contributed by atoms with van der Waals surface area (Å²) in [6, 6.07) is 7.52. The lowest BCUT2D eigenvalue weighted by atomic mass is 10.2. The van der Waals surface area contributed by atoms with Crippen LogP contribution in [-0.4, -0.2) is 36.0 Å². The Balaban J connectivity index is 1.46. The number of benzene rings is 1. The van der Waals surface area contributed by atoms with Gasteiger partial charge in [0.15, 0.2) is 11.5 Å². The number of nitrogens with zero attached hydrogens (tertiary/aromatic N) is 1. The highest BCUT2D eigenvalue weighted by atomic mass is 35.5. The van der Waals surface area contributed by atoms with Crippen molar-refractivity contribution in [1.29, 1.82) is 0 Å². The van der Waals surface area contributed by atoms with Crippen LogP contribution in [0.2, 0.25) is 5.02 Å². The minimum Gasteiger partial charge on any atom is -0.454 e. The van der Waals surface area contributed by atoms with E-state index in [1.807, 2.05) is 0 Å². The molecule has 0 unspecified atom stereocenters. The summed E-state index contributed by atoms with van der Waals surface area (Å²) in [6.45, 7) is -0.257. The lowest BCUT2D eigenvalue weighted by Crippen LogP contribution is -2.46. The highest BCUT2D eigenvalue weighted by molar-refractivity contribution is 6.30. The fourth-order valence-electron chi connectivity index (χ4n) is 2.06. The number of carbonyl (C=O) groups excluding carboxylic acids is 3. The molecule has 134 valence electrons. The molecule has 26 heavy (non-hydrogen) atoms. The van der Waals surface area contributed by atoms with Crippen LogP contribution in [0.1, 0.15) is 20.8 Å². The Hall–Kier alpha value is -3.33. The minimum atomic E-state index is -0.616. The predicted octanol–water partition coefficient (Wildman–Crippen LogP) is 0.655. The molecule has 0 saturated heterocycles. The Morgan fingerprint density at radius 2 is 1.85 bits per heavy atom. The number of nitrogens with one attached hydrogen (secondary N) is 3. The van der Waals surface area contributed by atoms with Crippen molar-refractivity contribution in [3.8, 4) is 11.5 Å². The van der Waals surface area contributed by atoms with E-state index >= 15 is 0 Å². The molecule has 9 nitrogen and oxygen atoms in total. The first-order valence-electron chi connectivity index (χ1n) is 7.41. The first-order chi connectivity index (χ1) is 12.5. The molecule has 0 radical (unpaired) electrons. The third-order valence-corrected chi connectivity index (χ3v) is 3.55. The maximum atomic E-state index is 12.0. The summed E-state index contributed by atoms with van der Waals surface area (Å²) in [5.74, 6) is -0.730. The molecular formula is C16H13ClN4O5. The normalized spacial score (nSPS) is 11.6. The van der Waals surface area contributed by atoms with Crippen molar-refractivity contribution < 1.29 is 23.9 Å². The molecule has 0 bridgehead atoms. The van der Waals surface area contributed by atoms with Crippen LogP contribution < -0.4 is 25.6 Å². The van der Waals surface area contributed by atoms with Crippen LogP contribution in [0.25, 0.3) is 0 Å². The average molecular weight is 377 g/mol. The molecule has 10 heteroatoms. The van der Waals surface area contributed by atoms with Gasteiger partial charge >= 0.3 is 0 Å². The lowest BCUT2D eigenvalue weighted by Gasteiger charge is -2.09. The minimum absolute atomic E-state index is 0.0784. The molecule has 3 amide bonds. The Morgan fingerprint density at radius 3 is 2.65 bits per heavy atom. The van der Waals surface area contributed by atoms with Gasteiger partial charge in [-0.3, -0.25) is 30.2 Å². The Kier molecular flexibility index (Phi) is 5.18. The predicted molar refractivity (Wildman–Crippen MR) is 89.8 cm³/mol. The van der Waals surface area contributed by atoms with Gasteiger partial charge in [-0.15, -0.1) is 0 Å². The van der Waals surface area contributed by atoms with Gasteiger partial charge in [0.25, 0.3) is 17.7 Å². The molecule has 1 aromatic heterocycles. The van der Waals surface area contributed by atoms with Gasteiger partial charge in [-0.1, -0.05) is 11.6 Å². The highest BCUT2D eigenvalue weighted by Gasteiger charge is 2.16.